The summed E-state index contributed by atoms with van der Waals surface area (Å²) in [4.78, 5) is 22.5. The van der Waals surface area contributed by atoms with Crippen molar-refractivity contribution in [2.24, 2.45) is 5.10 Å². The van der Waals surface area contributed by atoms with Crippen LogP contribution >= 0.6 is 34.8 Å². The minimum absolute atomic E-state index is 0.113. The number of nitrogens with zero attached hydrogens (tertiary/aromatic N) is 2. The maximum atomic E-state index is 12.1. The Morgan fingerprint density at radius 1 is 1.07 bits per heavy atom. The standard InChI is InChI=1S/C18H10Cl3N3O4/c19-10-1-4-13(16(21)7-10)18(25)23-22-9-12-3-6-17(28-12)14-8-11(24(26)27)2-5-15(14)20/h1-9H,(H,23,25)/b22-9-. The van der Waals surface area contributed by atoms with Crippen LogP contribution in [0.2, 0.25) is 15.1 Å². The van der Waals surface area contributed by atoms with Crippen molar-refractivity contribution in [3.8, 4) is 11.3 Å². The number of hydrazone groups is 1. The lowest BCUT2D eigenvalue weighted by atomic mass is 10.1. The van der Waals surface area contributed by atoms with Gasteiger partial charge in [-0.1, -0.05) is 34.8 Å². The summed E-state index contributed by atoms with van der Waals surface area (Å²) in [6.45, 7) is 0. The van der Waals surface area contributed by atoms with Crippen molar-refractivity contribution in [1.82, 2.24) is 5.43 Å². The first-order chi connectivity index (χ1) is 13.3. The highest BCUT2D eigenvalue weighted by molar-refractivity contribution is 6.36. The Balaban J connectivity index is 1.73. The molecule has 1 heterocycles. The third-order valence-corrected chi connectivity index (χ3v) is 4.46. The summed E-state index contributed by atoms with van der Waals surface area (Å²) in [6.07, 6.45) is 1.27. The lowest BCUT2D eigenvalue weighted by Crippen LogP contribution is -2.17. The van der Waals surface area contributed by atoms with E-state index in [-0.39, 0.29) is 16.3 Å². The molecule has 0 aliphatic rings. The first kappa shape index (κ1) is 19.9. The molecule has 0 atom stereocenters. The van der Waals surface area contributed by atoms with Gasteiger partial charge in [-0.05, 0) is 36.4 Å². The van der Waals surface area contributed by atoms with Gasteiger partial charge in [-0.3, -0.25) is 14.9 Å². The van der Waals surface area contributed by atoms with Crippen LogP contribution in [0.4, 0.5) is 5.69 Å². The van der Waals surface area contributed by atoms with Gasteiger partial charge < -0.3 is 4.42 Å². The summed E-state index contributed by atoms with van der Waals surface area (Å²) in [6, 6.07) is 11.7. The fourth-order valence-corrected chi connectivity index (χ4v) is 2.98. The topological polar surface area (TPSA) is 97.7 Å². The summed E-state index contributed by atoms with van der Waals surface area (Å²) >= 11 is 17.8. The molecule has 1 aromatic heterocycles. The zero-order valence-electron chi connectivity index (χ0n) is 13.9. The third kappa shape index (κ3) is 4.51. The number of nitro benzene ring substituents is 1. The van der Waals surface area contributed by atoms with E-state index in [0.29, 0.717) is 27.1 Å². The summed E-state index contributed by atoms with van der Waals surface area (Å²) in [5.74, 6) is 0.105. The molecule has 3 aromatic rings. The van der Waals surface area contributed by atoms with Gasteiger partial charge in [-0.25, -0.2) is 5.43 Å². The molecule has 0 saturated heterocycles. The smallest absolute Gasteiger partial charge is 0.272 e. The first-order valence-electron chi connectivity index (χ1n) is 7.68. The number of furan rings is 1. The van der Waals surface area contributed by atoms with E-state index >= 15 is 0 Å². The molecule has 3 rings (SSSR count). The van der Waals surface area contributed by atoms with E-state index in [1.54, 1.807) is 12.1 Å². The van der Waals surface area contributed by atoms with E-state index in [1.165, 1.54) is 42.6 Å². The molecule has 0 saturated carbocycles. The van der Waals surface area contributed by atoms with E-state index < -0.39 is 10.8 Å². The van der Waals surface area contributed by atoms with Crippen molar-refractivity contribution in [3.05, 3.63) is 85.0 Å². The molecule has 1 amide bonds. The number of amides is 1. The van der Waals surface area contributed by atoms with Crippen LogP contribution in [0.25, 0.3) is 11.3 Å². The molecular weight excluding hydrogens is 429 g/mol. The van der Waals surface area contributed by atoms with Gasteiger partial charge in [0.15, 0.2) is 0 Å². The van der Waals surface area contributed by atoms with Crippen molar-refractivity contribution < 1.29 is 14.1 Å². The Kier molecular flexibility index (Phi) is 5.99. The minimum atomic E-state index is -0.525. The zero-order valence-corrected chi connectivity index (χ0v) is 16.1. The lowest BCUT2D eigenvalue weighted by molar-refractivity contribution is -0.384. The highest BCUT2D eigenvalue weighted by Crippen LogP contribution is 2.32. The number of carbonyl (C=O) groups excluding carboxylic acids is 1. The lowest BCUT2D eigenvalue weighted by Gasteiger charge is -2.02. The number of nitrogens with one attached hydrogen (secondary N) is 1. The van der Waals surface area contributed by atoms with Gasteiger partial charge in [0.2, 0.25) is 0 Å². The molecule has 0 radical (unpaired) electrons. The molecular formula is C18H10Cl3N3O4. The van der Waals surface area contributed by atoms with Crippen LogP contribution in [0.3, 0.4) is 0 Å². The number of hydrogen-bond acceptors (Lipinski definition) is 5. The number of rotatable bonds is 5. The van der Waals surface area contributed by atoms with Gasteiger partial charge in [-0.15, -0.1) is 0 Å². The van der Waals surface area contributed by atoms with E-state index in [0.717, 1.165) is 0 Å². The molecule has 0 aliphatic heterocycles. The minimum Gasteiger partial charge on any atom is -0.455 e. The van der Waals surface area contributed by atoms with Crippen molar-refractivity contribution in [2.75, 3.05) is 0 Å². The molecule has 0 bridgehead atoms. The maximum absolute atomic E-state index is 12.1. The molecule has 2 aromatic carbocycles. The van der Waals surface area contributed by atoms with Crippen molar-refractivity contribution in [2.45, 2.75) is 0 Å². The van der Waals surface area contributed by atoms with E-state index in [4.69, 9.17) is 39.2 Å². The van der Waals surface area contributed by atoms with Crippen LogP contribution in [0.15, 0.2) is 58.0 Å². The highest BCUT2D eigenvalue weighted by atomic mass is 35.5. The number of hydrogen-bond donors (Lipinski definition) is 1. The largest absolute Gasteiger partial charge is 0.455 e. The van der Waals surface area contributed by atoms with Crippen molar-refractivity contribution >= 4 is 52.6 Å². The quantitative estimate of drug-likeness (QED) is 0.319. The average Bonchev–Trinajstić information content (AvgIpc) is 3.10. The highest BCUT2D eigenvalue weighted by Gasteiger charge is 2.14. The predicted molar refractivity (Wildman–Crippen MR) is 107 cm³/mol. The van der Waals surface area contributed by atoms with Gasteiger partial charge in [0.25, 0.3) is 11.6 Å². The van der Waals surface area contributed by atoms with Gasteiger partial charge in [0, 0.05) is 22.7 Å². The number of carbonyl (C=O) groups is 1. The average molecular weight is 439 g/mol. The number of benzene rings is 2. The van der Waals surface area contributed by atoms with Crippen LogP contribution in [0.5, 0.6) is 0 Å². The Morgan fingerprint density at radius 3 is 2.57 bits per heavy atom. The van der Waals surface area contributed by atoms with E-state index in [1.807, 2.05) is 0 Å². The zero-order chi connectivity index (χ0) is 20.3. The molecule has 1 N–H and O–H groups in total. The van der Waals surface area contributed by atoms with Crippen LogP contribution in [-0.4, -0.2) is 17.0 Å². The molecule has 0 unspecified atom stereocenters. The second-order valence-corrected chi connectivity index (χ2v) is 6.70. The van der Waals surface area contributed by atoms with Crippen LogP contribution in [-0.2, 0) is 0 Å². The Labute approximate surface area is 173 Å². The van der Waals surface area contributed by atoms with E-state index in [2.05, 4.69) is 10.5 Å². The Bertz CT molecular complexity index is 1100. The van der Waals surface area contributed by atoms with Gasteiger partial charge in [0.05, 0.1) is 26.7 Å². The first-order valence-corrected chi connectivity index (χ1v) is 8.81. The van der Waals surface area contributed by atoms with Gasteiger partial charge in [0.1, 0.15) is 11.5 Å². The number of nitro groups is 1. The fourth-order valence-electron chi connectivity index (χ4n) is 2.27. The number of halogens is 3. The predicted octanol–water partition coefficient (Wildman–Crippen LogP) is 5.58. The van der Waals surface area contributed by atoms with E-state index in [9.17, 15) is 14.9 Å². The normalized spacial score (nSPS) is 11.0. The maximum Gasteiger partial charge on any atom is 0.272 e. The van der Waals surface area contributed by atoms with Crippen molar-refractivity contribution in [1.29, 1.82) is 0 Å². The summed E-state index contributed by atoms with van der Waals surface area (Å²) in [5.41, 5.74) is 2.79. The fraction of sp³-hybridized carbons (Fsp3) is 0. The molecule has 10 heteroatoms. The molecule has 0 aliphatic carbocycles. The number of non-ortho nitro benzene ring substituents is 1. The summed E-state index contributed by atoms with van der Waals surface area (Å²) in [7, 11) is 0. The molecule has 28 heavy (non-hydrogen) atoms. The SMILES string of the molecule is O=C(N/N=C\c1ccc(-c2cc([N+](=O)[O-])ccc2Cl)o1)c1ccc(Cl)cc1Cl. The molecule has 0 fully saturated rings. The summed E-state index contributed by atoms with van der Waals surface area (Å²) < 4.78 is 5.56. The molecule has 0 spiro atoms. The van der Waals surface area contributed by atoms with Crippen LogP contribution in [0, 0.1) is 10.1 Å². The second-order valence-electron chi connectivity index (χ2n) is 5.45. The Hall–Kier alpha value is -2.87. The van der Waals surface area contributed by atoms with Gasteiger partial charge in [-0.2, -0.15) is 5.10 Å². The molecule has 7 nitrogen and oxygen atoms in total. The van der Waals surface area contributed by atoms with Crippen LogP contribution < -0.4 is 5.43 Å². The van der Waals surface area contributed by atoms with Crippen molar-refractivity contribution in [3.63, 3.8) is 0 Å². The van der Waals surface area contributed by atoms with Gasteiger partial charge >= 0.3 is 0 Å². The second kappa shape index (κ2) is 8.43. The molecule has 142 valence electrons. The third-order valence-electron chi connectivity index (χ3n) is 3.59. The van der Waals surface area contributed by atoms with Crippen LogP contribution in [0.1, 0.15) is 16.1 Å². The Morgan fingerprint density at radius 2 is 1.86 bits per heavy atom. The summed E-state index contributed by atoms with van der Waals surface area (Å²) in [5, 5.41) is 15.6. The monoisotopic (exact) mass is 437 g/mol.